The third kappa shape index (κ3) is 0.761. The third-order valence-corrected chi connectivity index (χ3v) is 1.21. The predicted octanol–water partition coefficient (Wildman–Crippen LogP) is -2.04. The molecule has 0 fully saturated rings. The van der Waals surface area contributed by atoms with E-state index >= 15 is 0 Å². The number of H-pyrrole nitrogens is 1. The Balaban J connectivity index is 2.57. The summed E-state index contributed by atoms with van der Waals surface area (Å²) < 4.78 is 4.29. The molecule has 9 heteroatoms. The highest BCUT2D eigenvalue weighted by Crippen LogP contribution is 2.13. The average Bonchev–Trinajstić information content (AvgIpc) is 2.59. The smallest absolute Gasteiger partial charge is 0.379 e. The quantitative estimate of drug-likeness (QED) is 0.332. The number of tetrazole rings is 1. The minimum Gasteiger partial charge on any atom is -0.379 e. The molecular weight excluding hydrogens is 166 g/mol. The lowest BCUT2D eigenvalue weighted by atomic mass is 10.4. The van der Waals surface area contributed by atoms with Gasteiger partial charge < -0.3 is 10.9 Å². The molecule has 0 amide bonds. The molecule has 0 aliphatic rings. The fourth-order valence-electron chi connectivity index (χ4n) is 0.700. The second kappa shape index (κ2) is 2.15. The van der Waals surface area contributed by atoms with Crippen LogP contribution in [0.4, 0.5) is 5.82 Å². The van der Waals surface area contributed by atoms with Gasteiger partial charge in [-0.25, -0.2) is 4.63 Å². The van der Waals surface area contributed by atoms with Crippen LogP contribution in [-0.4, -0.2) is 31.0 Å². The number of hydrogen-bond acceptors (Lipinski definition) is 7. The molecule has 0 radical (unpaired) electrons. The summed E-state index contributed by atoms with van der Waals surface area (Å²) in [5, 5.41) is 24.6. The van der Waals surface area contributed by atoms with Crippen molar-refractivity contribution in [3.63, 3.8) is 0 Å². The summed E-state index contributed by atoms with van der Waals surface area (Å²) in [6.45, 7) is 0. The van der Waals surface area contributed by atoms with Crippen LogP contribution in [0.15, 0.2) is 4.63 Å². The van der Waals surface area contributed by atoms with Crippen LogP contribution in [-0.2, 0) is 0 Å². The Morgan fingerprint density at radius 2 is 2.33 bits per heavy atom. The monoisotopic (exact) mass is 170 g/mol. The molecule has 0 bridgehead atoms. The number of aromatic amines is 1. The minimum atomic E-state index is 0.0340. The van der Waals surface area contributed by atoms with Gasteiger partial charge >= 0.3 is 5.82 Å². The zero-order chi connectivity index (χ0) is 8.55. The topological polar surface area (TPSA) is 131 Å². The molecule has 4 N–H and O–H groups in total. The van der Waals surface area contributed by atoms with Crippen LogP contribution >= 0.6 is 0 Å². The van der Waals surface area contributed by atoms with Gasteiger partial charge in [0.15, 0.2) is 5.21 Å². The number of rotatable bonds is 1. The van der Waals surface area contributed by atoms with E-state index in [0.29, 0.717) is 4.85 Å². The van der Waals surface area contributed by atoms with Crippen molar-refractivity contribution < 1.29 is 14.7 Å². The predicted molar refractivity (Wildman–Crippen MR) is 31.5 cm³/mol. The molecule has 0 spiro atoms. The molecule has 0 aliphatic carbocycles. The summed E-state index contributed by atoms with van der Waals surface area (Å²) in [5.74, 6) is 0.0699. The van der Waals surface area contributed by atoms with Gasteiger partial charge in [-0.15, -0.1) is 0 Å². The van der Waals surface area contributed by atoms with Crippen molar-refractivity contribution in [2.75, 3.05) is 5.73 Å². The van der Waals surface area contributed by atoms with Gasteiger partial charge in [0, 0.05) is 4.85 Å². The first-order chi connectivity index (χ1) is 5.79. The highest BCUT2D eigenvalue weighted by atomic mass is 16.6. The van der Waals surface area contributed by atoms with Crippen LogP contribution in [0.1, 0.15) is 0 Å². The lowest BCUT2D eigenvalue weighted by molar-refractivity contribution is -0.941. The first-order valence-corrected chi connectivity index (χ1v) is 2.90. The molecule has 0 atom stereocenters. The van der Waals surface area contributed by atoms with Crippen LogP contribution in [0.25, 0.3) is 11.5 Å². The first-order valence-electron chi connectivity index (χ1n) is 2.90. The van der Waals surface area contributed by atoms with Crippen molar-refractivity contribution in [2.24, 2.45) is 0 Å². The van der Waals surface area contributed by atoms with E-state index in [0.717, 1.165) is 0 Å². The van der Waals surface area contributed by atoms with E-state index < -0.39 is 0 Å². The zero-order valence-corrected chi connectivity index (χ0v) is 5.67. The van der Waals surface area contributed by atoms with Crippen LogP contribution in [0, 0.1) is 0 Å². The molecule has 12 heavy (non-hydrogen) atoms. The molecule has 0 unspecified atom stereocenters. The normalized spacial score (nSPS) is 10.3. The van der Waals surface area contributed by atoms with Crippen LogP contribution in [0.2, 0.25) is 0 Å². The second-order valence-corrected chi connectivity index (χ2v) is 1.93. The number of anilines is 1. The second-order valence-electron chi connectivity index (χ2n) is 1.93. The number of aromatic nitrogens is 6. The first kappa shape index (κ1) is 6.52. The maximum absolute atomic E-state index is 9.02. The summed E-state index contributed by atoms with van der Waals surface area (Å²) >= 11 is 0. The van der Waals surface area contributed by atoms with Crippen LogP contribution in [0.5, 0.6) is 0 Å². The van der Waals surface area contributed by atoms with E-state index in [-0.39, 0.29) is 17.3 Å². The summed E-state index contributed by atoms with van der Waals surface area (Å²) in [6.07, 6.45) is 0. The van der Waals surface area contributed by atoms with Gasteiger partial charge in [0.2, 0.25) is 11.5 Å². The van der Waals surface area contributed by atoms with Gasteiger partial charge in [0.25, 0.3) is 0 Å². The van der Waals surface area contributed by atoms with E-state index in [1.165, 1.54) is 0 Å². The fraction of sp³-hybridized carbons (Fsp3) is 0. The molecule has 2 rings (SSSR count). The van der Waals surface area contributed by atoms with E-state index in [4.69, 9.17) is 10.9 Å². The van der Waals surface area contributed by atoms with Crippen molar-refractivity contribution in [3.8, 4) is 11.5 Å². The van der Waals surface area contributed by atoms with Crippen LogP contribution in [0.3, 0.4) is 0 Å². The Morgan fingerprint density at radius 3 is 2.83 bits per heavy atom. The summed E-state index contributed by atoms with van der Waals surface area (Å²) in [6, 6.07) is 0. The Kier molecular flexibility index (Phi) is 1.17. The highest BCUT2D eigenvalue weighted by Gasteiger charge is 2.24. The molecule has 2 aromatic heterocycles. The lowest BCUT2D eigenvalue weighted by Gasteiger charge is -1.82. The number of nitrogens with one attached hydrogen (secondary N) is 1. The summed E-state index contributed by atoms with van der Waals surface area (Å²) in [7, 11) is 0. The largest absolute Gasteiger partial charge is 0.397 e. The van der Waals surface area contributed by atoms with E-state index in [1.54, 1.807) is 0 Å². The van der Waals surface area contributed by atoms with Gasteiger partial charge in [-0.1, -0.05) is 0 Å². The van der Waals surface area contributed by atoms with Crippen molar-refractivity contribution in [3.05, 3.63) is 0 Å². The maximum atomic E-state index is 9.02. The van der Waals surface area contributed by atoms with E-state index in [9.17, 15) is 0 Å². The molecule has 0 aliphatic heterocycles. The number of nitrogen functional groups attached to an aromatic ring is 1. The Hall–Kier alpha value is -2.19. The zero-order valence-electron chi connectivity index (χ0n) is 5.67. The van der Waals surface area contributed by atoms with E-state index in [2.05, 4.69) is 30.5 Å². The van der Waals surface area contributed by atoms with E-state index in [1.807, 2.05) is 0 Å². The van der Waals surface area contributed by atoms with Crippen molar-refractivity contribution >= 4 is 5.82 Å². The molecule has 2 heterocycles. The molecular formula is C3H4N7O2+. The average molecular weight is 170 g/mol. The molecule has 0 aromatic carbocycles. The van der Waals surface area contributed by atoms with Crippen LogP contribution < -0.4 is 10.6 Å². The van der Waals surface area contributed by atoms with Crippen molar-refractivity contribution in [1.82, 2.24) is 25.8 Å². The maximum Gasteiger partial charge on any atom is 0.397 e. The number of nitrogens with two attached hydrogens (primary N) is 1. The lowest BCUT2D eigenvalue weighted by Crippen LogP contribution is -2.34. The van der Waals surface area contributed by atoms with Crippen molar-refractivity contribution in [2.45, 2.75) is 0 Å². The van der Waals surface area contributed by atoms with Gasteiger partial charge in [-0.2, -0.15) is 0 Å². The fourth-order valence-corrected chi connectivity index (χ4v) is 0.700. The van der Waals surface area contributed by atoms with Gasteiger partial charge in [-0.3, -0.25) is 0 Å². The molecule has 2 aromatic rings. The Labute approximate surface area is 64.7 Å². The minimum absolute atomic E-state index is 0.0340. The van der Waals surface area contributed by atoms with Gasteiger partial charge in [0.1, 0.15) is 5.10 Å². The van der Waals surface area contributed by atoms with Crippen molar-refractivity contribution in [1.29, 1.82) is 0 Å². The summed E-state index contributed by atoms with van der Waals surface area (Å²) in [4.78, 5) is 0.551. The Bertz CT molecular complexity index is 353. The molecule has 62 valence electrons. The standard InChI is InChI=1S/C3H3N7O2/c4-2-1(6-12-7-2)3-5-8-9-10(3)11/h11H,(H2,4,7)/p+1. The SMILES string of the molecule is Nc1nonc1-c1nn[nH][n+]1O. The number of nitrogens with zero attached hydrogens (tertiary/aromatic N) is 5. The number of hydrogen-bond donors (Lipinski definition) is 3. The molecule has 0 saturated heterocycles. The van der Waals surface area contributed by atoms with Gasteiger partial charge in [0.05, 0.1) is 0 Å². The molecule has 0 saturated carbocycles. The molecule has 9 nitrogen and oxygen atoms in total. The van der Waals surface area contributed by atoms with Gasteiger partial charge in [-0.05, 0) is 15.5 Å². The summed E-state index contributed by atoms with van der Waals surface area (Å²) in [5.41, 5.74) is 5.46. The Morgan fingerprint density at radius 1 is 1.50 bits per heavy atom. The third-order valence-electron chi connectivity index (χ3n) is 1.21. The highest BCUT2D eigenvalue weighted by molar-refractivity contribution is 5.58.